The van der Waals surface area contributed by atoms with Crippen molar-refractivity contribution in [1.82, 2.24) is 4.37 Å². The van der Waals surface area contributed by atoms with E-state index in [1.165, 1.54) is 12.1 Å². The van der Waals surface area contributed by atoms with Crippen LogP contribution in [0.5, 0.6) is 0 Å². The first-order chi connectivity index (χ1) is 15.5. The number of halogens is 4. The molecule has 0 saturated carbocycles. The van der Waals surface area contributed by atoms with Crippen LogP contribution in [0, 0.1) is 35.9 Å². The molecule has 33 heavy (non-hydrogen) atoms. The smallest absolute Gasteiger partial charge is 0.427 e. The molecule has 1 aromatic carbocycles. The number of nitrogens with zero attached hydrogens (tertiary/aromatic N) is 2. The van der Waals surface area contributed by atoms with E-state index >= 15 is 0 Å². The first kappa shape index (κ1) is 24.6. The highest BCUT2D eigenvalue weighted by atomic mass is 32.1. The summed E-state index contributed by atoms with van der Waals surface area (Å²) in [5, 5.41) is 8.64. The standard InChI is InChI=1S/C24H22F4N2O2S/c1-13-4-8-18(20(25)10-13)22-19(23(33-30-22)24(26,27)28)12-32-21-9-6-16(14(2)15(21)3)5-7-17(31)11-29/h4,6,8-10,14-15H,5,7,12H2,1-3H3. The maximum atomic E-state index is 14.5. The second-order valence-electron chi connectivity index (χ2n) is 8.03. The monoisotopic (exact) mass is 478 g/mol. The summed E-state index contributed by atoms with van der Waals surface area (Å²) in [6.45, 7) is 5.10. The number of allylic oxidation sites excluding steroid dienone is 4. The SMILES string of the molecule is Cc1ccc(-c2nsc(C(F)(F)F)c2COC2=CC=C(CCC(=O)C#N)C(C)C2C)c(F)c1. The molecular weight excluding hydrogens is 456 g/mol. The molecule has 0 saturated heterocycles. The number of ether oxygens (including phenoxy) is 1. The van der Waals surface area contributed by atoms with Crippen molar-refractivity contribution in [3.63, 3.8) is 0 Å². The van der Waals surface area contributed by atoms with Crippen molar-refractivity contribution >= 4 is 17.3 Å². The average Bonchev–Trinajstić information content (AvgIpc) is 3.18. The van der Waals surface area contributed by atoms with Crippen molar-refractivity contribution in [1.29, 1.82) is 5.26 Å². The van der Waals surface area contributed by atoms with Crippen molar-refractivity contribution in [2.75, 3.05) is 0 Å². The number of nitriles is 1. The molecule has 1 aliphatic rings. The van der Waals surface area contributed by atoms with Crippen LogP contribution < -0.4 is 0 Å². The number of carbonyl (C=O) groups excluding carboxylic acids is 1. The molecule has 1 heterocycles. The summed E-state index contributed by atoms with van der Waals surface area (Å²) in [6.07, 6.45) is -0.636. The van der Waals surface area contributed by atoms with Crippen LogP contribution in [0.25, 0.3) is 11.3 Å². The maximum Gasteiger partial charge on any atom is 0.427 e. The molecule has 0 bridgehead atoms. The van der Waals surface area contributed by atoms with E-state index in [1.54, 1.807) is 31.2 Å². The number of hydrogen-bond donors (Lipinski definition) is 0. The number of alkyl halides is 3. The molecule has 9 heteroatoms. The Morgan fingerprint density at radius 1 is 1.24 bits per heavy atom. The van der Waals surface area contributed by atoms with Crippen molar-refractivity contribution in [3.8, 4) is 17.3 Å². The van der Waals surface area contributed by atoms with Gasteiger partial charge in [0.05, 0.1) is 11.5 Å². The number of ketones is 1. The maximum absolute atomic E-state index is 14.5. The zero-order valence-electron chi connectivity index (χ0n) is 18.3. The Hall–Kier alpha value is -2.99. The lowest BCUT2D eigenvalue weighted by molar-refractivity contribution is -0.135. The van der Waals surface area contributed by atoms with Gasteiger partial charge in [0.2, 0.25) is 5.78 Å². The molecule has 174 valence electrons. The van der Waals surface area contributed by atoms with E-state index in [1.807, 2.05) is 13.8 Å². The first-order valence-corrected chi connectivity index (χ1v) is 11.1. The summed E-state index contributed by atoms with van der Waals surface area (Å²) in [5.74, 6) is -0.820. The molecule has 0 amide bonds. The summed E-state index contributed by atoms with van der Waals surface area (Å²) >= 11 is 0.279. The Kier molecular flexibility index (Phi) is 7.38. The van der Waals surface area contributed by atoms with Gasteiger partial charge in [-0.15, -0.1) is 0 Å². The van der Waals surface area contributed by atoms with Gasteiger partial charge in [0.15, 0.2) is 0 Å². The van der Waals surface area contributed by atoms with Crippen LogP contribution in [0.15, 0.2) is 41.7 Å². The lowest BCUT2D eigenvalue weighted by atomic mass is 9.81. The van der Waals surface area contributed by atoms with Gasteiger partial charge in [-0.05, 0) is 54.6 Å². The third-order valence-corrected chi connectivity index (χ3v) is 6.75. The highest BCUT2D eigenvalue weighted by Crippen LogP contribution is 2.42. The van der Waals surface area contributed by atoms with E-state index in [0.29, 0.717) is 17.7 Å². The van der Waals surface area contributed by atoms with Crippen LogP contribution in [-0.4, -0.2) is 10.2 Å². The van der Waals surface area contributed by atoms with E-state index in [2.05, 4.69) is 4.37 Å². The van der Waals surface area contributed by atoms with Crippen LogP contribution in [0.2, 0.25) is 0 Å². The topological polar surface area (TPSA) is 63.0 Å². The molecule has 3 rings (SSSR count). The lowest BCUT2D eigenvalue weighted by Gasteiger charge is -2.28. The van der Waals surface area contributed by atoms with Gasteiger partial charge in [0, 0.05) is 23.5 Å². The average molecular weight is 479 g/mol. The molecule has 0 N–H and O–H groups in total. The molecular formula is C24H22F4N2O2S. The molecule has 4 nitrogen and oxygen atoms in total. The van der Waals surface area contributed by atoms with E-state index in [-0.39, 0.29) is 46.6 Å². The van der Waals surface area contributed by atoms with Crippen LogP contribution in [0.3, 0.4) is 0 Å². The molecule has 0 radical (unpaired) electrons. The van der Waals surface area contributed by atoms with Crippen LogP contribution in [0.1, 0.15) is 42.7 Å². The number of carbonyl (C=O) groups is 1. The van der Waals surface area contributed by atoms with Gasteiger partial charge in [0.1, 0.15) is 23.4 Å². The molecule has 1 aromatic heterocycles. The third-order valence-electron chi connectivity index (χ3n) is 5.82. The van der Waals surface area contributed by atoms with Gasteiger partial charge in [0.25, 0.3) is 0 Å². The predicted octanol–water partition coefficient (Wildman–Crippen LogP) is 6.76. The Bertz CT molecular complexity index is 1160. The van der Waals surface area contributed by atoms with Gasteiger partial charge in [-0.3, -0.25) is 4.79 Å². The Morgan fingerprint density at radius 3 is 2.61 bits per heavy atom. The zero-order valence-corrected chi connectivity index (χ0v) is 19.1. The number of hydrogen-bond acceptors (Lipinski definition) is 5. The van der Waals surface area contributed by atoms with Crippen LogP contribution in [0.4, 0.5) is 17.6 Å². The van der Waals surface area contributed by atoms with E-state index in [9.17, 15) is 22.4 Å². The Morgan fingerprint density at radius 2 is 1.97 bits per heavy atom. The summed E-state index contributed by atoms with van der Waals surface area (Å²) in [7, 11) is 0. The van der Waals surface area contributed by atoms with Crippen LogP contribution in [-0.2, 0) is 22.3 Å². The molecule has 2 atom stereocenters. The van der Waals surface area contributed by atoms with Gasteiger partial charge in [-0.1, -0.05) is 31.6 Å². The summed E-state index contributed by atoms with van der Waals surface area (Å²) in [6, 6.07) is 5.88. The fraction of sp³-hybridized carbons (Fsp3) is 0.375. The molecule has 0 fully saturated rings. The van der Waals surface area contributed by atoms with Crippen molar-refractivity contribution in [2.45, 2.75) is 46.4 Å². The number of Topliss-reactive ketones (excluding diaryl/α,β-unsaturated/α-hetero) is 1. The van der Waals surface area contributed by atoms with Gasteiger partial charge < -0.3 is 4.74 Å². The molecule has 1 aliphatic carbocycles. The minimum Gasteiger partial charge on any atom is -0.493 e. The minimum atomic E-state index is -4.64. The lowest BCUT2D eigenvalue weighted by Crippen LogP contribution is -2.19. The van der Waals surface area contributed by atoms with Crippen LogP contribution >= 0.6 is 11.5 Å². The highest BCUT2D eigenvalue weighted by molar-refractivity contribution is 7.06. The molecule has 2 aromatic rings. The summed E-state index contributed by atoms with van der Waals surface area (Å²) in [4.78, 5) is 10.4. The van der Waals surface area contributed by atoms with Crippen molar-refractivity contribution in [2.24, 2.45) is 11.8 Å². The first-order valence-electron chi connectivity index (χ1n) is 10.3. The van der Waals surface area contributed by atoms with Gasteiger partial charge >= 0.3 is 6.18 Å². The molecule has 2 unspecified atom stereocenters. The van der Waals surface area contributed by atoms with E-state index < -0.39 is 29.3 Å². The van der Waals surface area contributed by atoms with E-state index in [4.69, 9.17) is 10.00 Å². The Balaban J connectivity index is 1.88. The predicted molar refractivity (Wildman–Crippen MR) is 116 cm³/mol. The molecule has 0 aliphatic heterocycles. The molecule has 0 spiro atoms. The minimum absolute atomic E-state index is 0.00525. The summed E-state index contributed by atoms with van der Waals surface area (Å²) < 4.78 is 65.1. The third kappa shape index (κ3) is 5.50. The van der Waals surface area contributed by atoms with Gasteiger partial charge in [-0.25, -0.2) is 4.39 Å². The quantitative estimate of drug-likeness (QED) is 0.326. The number of aromatic nitrogens is 1. The Labute approximate surface area is 193 Å². The van der Waals surface area contributed by atoms with Crippen molar-refractivity contribution < 1.29 is 27.1 Å². The second kappa shape index (κ2) is 9.87. The highest BCUT2D eigenvalue weighted by Gasteiger charge is 2.38. The largest absolute Gasteiger partial charge is 0.493 e. The number of aryl methyl sites for hydroxylation is 1. The fourth-order valence-corrected chi connectivity index (χ4v) is 4.47. The summed E-state index contributed by atoms with van der Waals surface area (Å²) in [5.41, 5.74) is 1.33. The fourth-order valence-electron chi connectivity index (χ4n) is 3.71. The number of benzene rings is 1. The number of rotatable bonds is 7. The van der Waals surface area contributed by atoms with E-state index in [0.717, 1.165) is 5.57 Å². The van der Waals surface area contributed by atoms with Gasteiger partial charge in [-0.2, -0.15) is 22.8 Å². The second-order valence-corrected chi connectivity index (χ2v) is 8.80. The zero-order chi connectivity index (χ0) is 24.3. The van der Waals surface area contributed by atoms with Crippen molar-refractivity contribution in [3.05, 3.63) is 63.5 Å². The normalized spacial score (nSPS) is 18.4.